The molecule has 0 bridgehead atoms. The first-order valence-corrected chi connectivity index (χ1v) is 7.37. The molecule has 1 heterocycles. The molecule has 0 aliphatic carbocycles. The summed E-state index contributed by atoms with van der Waals surface area (Å²) in [5.41, 5.74) is 7.11. The first-order chi connectivity index (χ1) is 10.3. The summed E-state index contributed by atoms with van der Waals surface area (Å²) in [6.07, 6.45) is 0.576. The maximum atomic E-state index is 8.64. The fraction of sp³-hybridized carbons (Fsp3) is 0.533. The summed E-state index contributed by atoms with van der Waals surface area (Å²) < 4.78 is 0. The minimum absolute atomic E-state index is 0.108. The predicted molar refractivity (Wildman–Crippen MR) is 84.4 cm³/mol. The Hall–Kier alpha value is -1.79. The zero-order valence-corrected chi connectivity index (χ0v) is 12.3. The molecule has 1 aromatic carbocycles. The van der Waals surface area contributed by atoms with Crippen molar-refractivity contribution in [2.75, 3.05) is 50.8 Å². The van der Waals surface area contributed by atoms with E-state index in [9.17, 15) is 0 Å². The Labute approximate surface area is 125 Å². The van der Waals surface area contributed by atoms with Crippen LogP contribution in [0.2, 0.25) is 0 Å². The van der Waals surface area contributed by atoms with Crippen LogP contribution in [0.5, 0.6) is 0 Å². The first kappa shape index (κ1) is 15.6. The standard InChI is InChI=1S/C15H24N4O2/c16-15(17-21-12-4-11-20)13-18-7-9-19(10-8-18)14-5-2-1-3-6-14/h1-3,5-6,20H,4,7-13H2,(H2,16,17). The van der Waals surface area contributed by atoms with Gasteiger partial charge in [0, 0.05) is 44.9 Å². The van der Waals surface area contributed by atoms with Gasteiger partial charge in [-0.15, -0.1) is 0 Å². The second kappa shape index (κ2) is 8.49. The smallest absolute Gasteiger partial charge is 0.153 e. The zero-order valence-electron chi connectivity index (χ0n) is 12.3. The number of oxime groups is 1. The Morgan fingerprint density at radius 2 is 1.90 bits per heavy atom. The average Bonchev–Trinajstić information content (AvgIpc) is 2.53. The van der Waals surface area contributed by atoms with E-state index in [2.05, 4.69) is 39.2 Å². The molecule has 2 rings (SSSR count). The molecule has 1 aromatic rings. The van der Waals surface area contributed by atoms with Gasteiger partial charge in [0.2, 0.25) is 0 Å². The van der Waals surface area contributed by atoms with E-state index in [0.717, 1.165) is 26.2 Å². The molecule has 0 aromatic heterocycles. The summed E-state index contributed by atoms with van der Waals surface area (Å²) in [6, 6.07) is 10.4. The quantitative estimate of drug-likeness (QED) is 0.331. The fourth-order valence-corrected chi connectivity index (χ4v) is 2.32. The van der Waals surface area contributed by atoms with Gasteiger partial charge in [0.05, 0.1) is 6.54 Å². The highest BCUT2D eigenvalue weighted by Crippen LogP contribution is 2.15. The number of nitrogens with two attached hydrogens (primary N) is 1. The van der Waals surface area contributed by atoms with E-state index in [0.29, 0.717) is 25.4 Å². The molecule has 1 aliphatic heterocycles. The van der Waals surface area contributed by atoms with Crippen LogP contribution in [0.4, 0.5) is 5.69 Å². The Balaban J connectivity index is 1.71. The normalized spacial score (nSPS) is 17.0. The maximum Gasteiger partial charge on any atom is 0.153 e. The van der Waals surface area contributed by atoms with Crippen molar-refractivity contribution in [2.45, 2.75) is 6.42 Å². The summed E-state index contributed by atoms with van der Waals surface area (Å²) >= 11 is 0. The largest absolute Gasteiger partial charge is 0.396 e. The van der Waals surface area contributed by atoms with Crippen molar-refractivity contribution >= 4 is 11.5 Å². The van der Waals surface area contributed by atoms with Crippen molar-refractivity contribution < 1.29 is 9.94 Å². The Bertz CT molecular complexity index is 431. The lowest BCUT2D eigenvalue weighted by Crippen LogP contribution is -2.49. The summed E-state index contributed by atoms with van der Waals surface area (Å²) in [7, 11) is 0. The van der Waals surface area contributed by atoms with E-state index in [1.54, 1.807) is 0 Å². The molecule has 6 nitrogen and oxygen atoms in total. The van der Waals surface area contributed by atoms with Crippen molar-refractivity contribution in [3.63, 3.8) is 0 Å². The highest BCUT2D eigenvalue weighted by molar-refractivity contribution is 5.81. The number of rotatable bonds is 7. The van der Waals surface area contributed by atoms with Crippen LogP contribution in [0, 0.1) is 0 Å². The lowest BCUT2D eigenvalue weighted by molar-refractivity contribution is 0.122. The van der Waals surface area contributed by atoms with Crippen molar-refractivity contribution in [1.29, 1.82) is 0 Å². The van der Waals surface area contributed by atoms with Crippen LogP contribution in [0.15, 0.2) is 35.5 Å². The molecule has 0 spiro atoms. The number of anilines is 1. The predicted octanol–water partition coefficient (Wildman–Crippen LogP) is 0.480. The van der Waals surface area contributed by atoms with Crippen LogP contribution in [0.3, 0.4) is 0 Å². The average molecular weight is 292 g/mol. The van der Waals surface area contributed by atoms with Gasteiger partial charge in [-0.25, -0.2) is 0 Å². The highest BCUT2D eigenvalue weighted by Gasteiger charge is 2.17. The second-order valence-electron chi connectivity index (χ2n) is 5.09. The Kier molecular flexibility index (Phi) is 6.30. The molecule has 0 radical (unpaired) electrons. The summed E-state index contributed by atoms with van der Waals surface area (Å²) in [5, 5.41) is 12.5. The van der Waals surface area contributed by atoms with E-state index < -0.39 is 0 Å². The number of hydrogen-bond acceptors (Lipinski definition) is 5. The van der Waals surface area contributed by atoms with Crippen molar-refractivity contribution in [2.24, 2.45) is 10.9 Å². The molecular formula is C15H24N4O2. The third kappa shape index (κ3) is 5.24. The minimum Gasteiger partial charge on any atom is -0.396 e. The molecule has 0 saturated carbocycles. The molecule has 1 aliphatic rings. The van der Waals surface area contributed by atoms with Gasteiger partial charge in [-0.2, -0.15) is 0 Å². The van der Waals surface area contributed by atoms with E-state index in [-0.39, 0.29) is 6.61 Å². The van der Waals surface area contributed by atoms with Gasteiger partial charge in [-0.1, -0.05) is 23.4 Å². The zero-order chi connectivity index (χ0) is 14.9. The van der Waals surface area contributed by atoms with Crippen LogP contribution >= 0.6 is 0 Å². The monoisotopic (exact) mass is 292 g/mol. The summed E-state index contributed by atoms with van der Waals surface area (Å²) in [6.45, 7) is 5.03. The third-order valence-corrected chi connectivity index (χ3v) is 3.45. The van der Waals surface area contributed by atoms with Crippen molar-refractivity contribution in [1.82, 2.24) is 4.90 Å². The minimum atomic E-state index is 0.108. The first-order valence-electron chi connectivity index (χ1n) is 7.37. The number of aliphatic hydroxyl groups excluding tert-OH is 1. The van der Waals surface area contributed by atoms with Gasteiger partial charge >= 0.3 is 0 Å². The lowest BCUT2D eigenvalue weighted by Gasteiger charge is -2.35. The molecule has 1 fully saturated rings. The number of nitrogens with zero attached hydrogens (tertiary/aromatic N) is 3. The van der Waals surface area contributed by atoms with Gasteiger partial charge in [0.15, 0.2) is 5.84 Å². The van der Waals surface area contributed by atoms with Crippen molar-refractivity contribution in [3.8, 4) is 0 Å². The van der Waals surface area contributed by atoms with Crippen LogP contribution in [0.25, 0.3) is 0 Å². The molecular weight excluding hydrogens is 268 g/mol. The molecule has 116 valence electrons. The number of hydrogen-bond donors (Lipinski definition) is 2. The van der Waals surface area contributed by atoms with Crippen LogP contribution in [0.1, 0.15) is 6.42 Å². The van der Waals surface area contributed by atoms with Gasteiger partial charge in [0.1, 0.15) is 6.61 Å². The van der Waals surface area contributed by atoms with Crippen LogP contribution in [-0.2, 0) is 4.84 Å². The van der Waals surface area contributed by atoms with E-state index in [4.69, 9.17) is 15.7 Å². The van der Waals surface area contributed by atoms with E-state index >= 15 is 0 Å². The lowest BCUT2D eigenvalue weighted by atomic mass is 10.2. The van der Waals surface area contributed by atoms with Gasteiger partial charge in [0.25, 0.3) is 0 Å². The van der Waals surface area contributed by atoms with Gasteiger partial charge in [-0.05, 0) is 12.1 Å². The van der Waals surface area contributed by atoms with E-state index in [1.165, 1.54) is 5.69 Å². The number of benzene rings is 1. The molecule has 6 heteroatoms. The second-order valence-corrected chi connectivity index (χ2v) is 5.09. The Morgan fingerprint density at radius 3 is 2.57 bits per heavy atom. The number of amidine groups is 1. The molecule has 1 saturated heterocycles. The molecule has 0 atom stereocenters. The topological polar surface area (TPSA) is 74.3 Å². The molecule has 0 unspecified atom stereocenters. The van der Waals surface area contributed by atoms with E-state index in [1.807, 2.05) is 6.07 Å². The van der Waals surface area contributed by atoms with Crippen LogP contribution < -0.4 is 10.6 Å². The van der Waals surface area contributed by atoms with Gasteiger partial charge < -0.3 is 20.6 Å². The number of piperazine rings is 1. The molecule has 0 amide bonds. The SMILES string of the molecule is N/C(CN1CCN(c2ccccc2)CC1)=N/OCCCO. The highest BCUT2D eigenvalue weighted by atomic mass is 16.6. The Morgan fingerprint density at radius 1 is 1.19 bits per heavy atom. The van der Waals surface area contributed by atoms with Crippen LogP contribution in [-0.4, -0.2) is 61.8 Å². The molecule has 21 heavy (non-hydrogen) atoms. The number of aliphatic hydroxyl groups is 1. The summed E-state index contributed by atoms with van der Waals surface area (Å²) in [4.78, 5) is 9.68. The number of para-hydroxylation sites is 1. The fourth-order valence-electron chi connectivity index (χ4n) is 2.32. The van der Waals surface area contributed by atoms with Gasteiger partial charge in [-0.3, -0.25) is 4.90 Å². The maximum absolute atomic E-state index is 8.64. The summed E-state index contributed by atoms with van der Waals surface area (Å²) in [5.74, 6) is 0.487. The van der Waals surface area contributed by atoms with Crippen molar-refractivity contribution in [3.05, 3.63) is 30.3 Å². The molecule has 3 N–H and O–H groups in total. The third-order valence-electron chi connectivity index (χ3n) is 3.45.